The molecule has 1 fully saturated rings. The first kappa shape index (κ1) is 15.1. The first-order chi connectivity index (χ1) is 10.6. The lowest BCUT2D eigenvalue weighted by Gasteiger charge is -2.20. The molecular formula is C16H16ClNO4. The summed E-state index contributed by atoms with van der Waals surface area (Å²) in [7, 11) is 0. The molecule has 4 atom stereocenters. The number of benzene rings is 1. The van der Waals surface area contributed by atoms with Crippen LogP contribution in [0.15, 0.2) is 36.4 Å². The van der Waals surface area contributed by atoms with Crippen LogP contribution in [0.1, 0.15) is 5.56 Å². The quantitative estimate of drug-likeness (QED) is 0.809. The number of carboxylic acid groups (broad SMARTS) is 1. The Balaban J connectivity index is 1.58. The molecule has 1 aromatic rings. The predicted molar refractivity (Wildman–Crippen MR) is 80.6 cm³/mol. The summed E-state index contributed by atoms with van der Waals surface area (Å²) in [6.45, 7) is 0.434. The van der Waals surface area contributed by atoms with E-state index in [1.807, 2.05) is 18.2 Å². The van der Waals surface area contributed by atoms with E-state index < -0.39 is 30.0 Å². The third kappa shape index (κ3) is 2.87. The van der Waals surface area contributed by atoms with Gasteiger partial charge in [0.15, 0.2) is 0 Å². The van der Waals surface area contributed by atoms with Gasteiger partial charge in [-0.1, -0.05) is 35.9 Å². The maximum atomic E-state index is 12.3. The molecule has 5 nitrogen and oxygen atoms in total. The van der Waals surface area contributed by atoms with Gasteiger partial charge < -0.3 is 15.2 Å². The van der Waals surface area contributed by atoms with E-state index >= 15 is 0 Å². The number of hydrogen-bond acceptors (Lipinski definition) is 3. The molecule has 2 aliphatic heterocycles. The van der Waals surface area contributed by atoms with E-state index in [1.165, 1.54) is 0 Å². The summed E-state index contributed by atoms with van der Waals surface area (Å²) < 4.78 is 5.49. The van der Waals surface area contributed by atoms with Gasteiger partial charge >= 0.3 is 5.97 Å². The second kappa shape index (κ2) is 6.10. The van der Waals surface area contributed by atoms with Crippen molar-refractivity contribution >= 4 is 23.5 Å². The van der Waals surface area contributed by atoms with Gasteiger partial charge in [-0.05, 0) is 24.1 Å². The van der Waals surface area contributed by atoms with Crippen LogP contribution < -0.4 is 5.32 Å². The molecule has 22 heavy (non-hydrogen) atoms. The fourth-order valence-electron chi connectivity index (χ4n) is 3.06. The minimum atomic E-state index is -0.994. The van der Waals surface area contributed by atoms with Gasteiger partial charge in [-0.25, -0.2) is 0 Å². The number of carbonyl (C=O) groups is 2. The van der Waals surface area contributed by atoms with Gasteiger partial charge in [0, 0.05) is 11.6 Å². The number of halogens is 1. The van der Waals surface area contributed by atoms with E-state index in [0.29, 0.717) is 18.0 Å². The predicted octanol–water partition coefficient (Wildman–Crippen LogP) is 1.65. The van der Waals surface area contributed by atoms with Crippen LogP contribution in [-0.2, 0) is 20.7 Å². The second-order valence-electron chi connectivity index (χ2n) is 5.51. The highest BCUT2D eigenvalue weighted by Crippen LogP contribution is 2.39. The Morgan fingerprint density at radius 2 is 1.95 bits per heavy atom. The van der Waals surface area contributed by atoms with E-state index in [-0.39, 0.29) is 5.91 Å². The van der Waals surface area contributed by atoms with Crippen molar-refractivity contribution in [2.45, 2.75) is 18.6 Å². The van der Waals surface area contributed by atoms with Crippen molar-refractivity contribution < 1.29 is 19.4 Å². The molecule has 0 unspecified atom stereocenters. The molecule has 3 rings (SSSR count). The molecule has 1 amide bonds. The molecule has 0 spiro atoms. The highest BCUT2D eigenvalue weighted by Gasteiger charge is 2.53. The van der Waals surface area contributed by atoms with Gasteiger partial charge in [0.25, 0.3) is 0 Å². The number of carbonyl (C=O) groups excluding carboxylic acids is 1. The highest BCUT2D eigenvalue weighted by atomic mass is 35.5. The number of carboxylic acids is 1. The lowest BCUT2D eigenvalue weighted by Crippen LogP contribution is -2.43. The first-order valence-corrected chi connectivity index (χ1v) is 7.53. The maximum absolute atomic E-state index is 12.3. The number of ether oxygens (including phenoxy) is 1. The largest absolute Gasteiger partial charge is 0.481 e. The fraction of sp³-hybridized carbons (Fsp3) is 0.375. The Hall–Kier alpha value is -1.85. The molecule has 0 saturated carbocycles. The SMILES string of the molecule is O=C(O)[C@@H]1[C@@H](C(=O)NCCc2cccc(Cl)c2)[C@@H]2C=C[C@@H]1O2. The number of rotatable bonds is 5. The summed E-state index contributed by atoms with van der Waals surface area (Å²) in [5.74, 6) is -2.73. The second-order valence-corrected chi connectivity index (χ2v) is 5.95. The Bertz CT molecular complexity index is 630. The van der Waals surface area contributed by atoms with Crippen LogP contribution >= 0.6 is 11.6 Å². The lowest BCUT2D eigenvalue weighted by molar-refractivity contribution is -0.146. The van der Waals surface area contributed by atoms with Crippen LogP contribution in [0, 0.1) is 11.8 Å². The zero-order valence-electron chi connectivity index (χ0n) is 11.7. The molecule has 2 N–H and O–H groups in total. The first-order valence-electron chi connectivity index (χ1n) is 7.15. The van der Waals surface area contributed by atoms with E-state index in [0.717, 1.165) is 5.56 Å². The van der Waals surface area contributed by atoms with Crippen molar-refractivity contribution in [1.29, 1.82) is 0 Å². The van der Waals surface area contributed by atoms with Crippen molar-refractivity contribution in [3.63, 3.8) is 0 Å². The number of hydrogen-bond donors (Lipinski definition) is 2. The Morgan fingerprint density at radius 1 is 1.23 bits per heavy atom. The maximum Gasteiger partial charge on any atom is 0.310 e. The topological polar surface area (TPSA) is 75.6 Å². The van der Waals surface area contributed by atoms with Gasteiger partial charge in [0.1, 0.15) is 5.92 Å². The summed E-state index contributed by atoms with van der Waals surface area (Å²) in [6, 6.07) is 7.42. The molecule has 2 heterocycles. The molecule has 2 bridgehead atoms. The van der Waals surface area contributed by atoms with E-state index in [9.17, 15) is 14.7 Å². The van der Waals surface area contributed by atoms with Gasteiger partial charge in [-0.3, -0.25) is 9.59 Å². The van der Waals surface area contributed by atoms with Crippen LogP contribution in [0.5, 0.6) is 0 Å². The number of fused-ring (bicyclic) bond motifs is 2. The molecule has 6 heteroatoms. The van der Waals surface area contributed by atoms with Gasteiger partial charge in [-0.2, -0.15) is 0 Å². The Kier molecular flexibility index (Phi) is 4.18. The van der Waals surface area contributed by atoms with Crippen LogP contribution in [0.4, 0.5) is 0 Å². The van der Waals surface area contributed by atoms with Crippen LogP contribution in [0.2, 0.25) is 5.02 Å². The third-order valence-corrected chi connectivity index (χ3v) is 4.32. The molecule has 1 saturated heterocycles. The Morgan fingerprint density at radius 3 is 2.64 bits per heavy atom. The van der Waals surface area contributed by atoms with Crippen molar-refractivity contribution in [2.24, 2.45) is 11.8 Å². The zero-order valence-corrected chi connectivity index (χ0v) is 12.5. The molecule has 2 aliphatic rings. The van der Waals surface area contributed by atoms with Gasteiger partial charge in [-0.15, -0.1) is 0 Å². The zero-order chi connectivity index (χ0) is 15.7. The monoisotopic (exact) mass is 321 g/mol. The van der Waals surface area contributed by atoms with E-state index in [1.54, 1.807) is 18.2 Å². The summed E-state index contributed by atoms with van der Waals surface area (Å²) in [5.41, 5.74) is 1.02. The standard InChI is InChI=1S/C16H16ClNO4/c17-10-3-1-2-9(8-10)6-7-18-15(19)13-11-4-5-12(22-11)14(13)16(20)21/h1-5,8,11-14H,6-7H2,(H,18,19)(H,20,21)/t11-,12-,13-,14-/m0/s1. The normalized spacial score (nSPS) is 28.8. The minimum absolute atomic E-state index is 0.272. The summed E-state index contributed by atoms with van der Waals surface area (Å²) in [5, 5.41) is 12.7. The average molecular weight is 322 g/mol. The number of nitrogens with one attached hydrogen (secondary N) is 1. The van der Waals surface area contributed by atoms with Crippen molar-refractivity contribution in [2.75, 3.05) is 6.54 Å². The fourth-order valence-corrected chi connectivity index (χ4v) is 3.27. The lowest BCUT2D eigenvalue weighted by atomic mass is 9.82. The van der Waals surface area contributed by atoms with Crippen LogP contribution in [0.25, 0.3) is 0 Å². The van der Waals surface area contributed by atoms with Crippen LogP contribution in [0.3, 0.4) is 0 Å². The van der Waals surface area contributed by atoms with Crippen molar-refractivity contribution in [3.8, 4) is 0 Å². The molecule has 0 aromatic heterocycles. The van der Waals surface area contributed by atoms with Crippen molar-refractivity contribution in [1.82, 2.24) is 5.32 Å². The number of aliphatic carboxylic acids is 1. The van der Waals surface area contributed by atoms with Gasteiger partial charge in [0.2, 0.25) is 5.91 Å². The minimum Gasteiger partial charge on any atom is -0.481 e. The third-order valence-electron chi connectivity index (χ3n) is 4.09. The summed E-state index contributed by atoms with van der Waals surface area (Å²) >= 11 is 5.91. The van der Waals surface area contributed by atoms with Crippen molar-refractivity contribution in [3.05, 3.63) is 47.0 Å². The van der Waals surface area contributed by atoms with Gasteiger partial charge in [0.05, 0.1) is 18.1 Å². The molecular weight excluding hydrogens is 306 g/mol. The smallest absolute Gasteiger partial charge is 0.310 e. The highest BCUT2D eigenvalue weighted by molar-refractivity contribution is 6.30. The molecule has 0 aliphatic carbocycles. The summed E-state index contributed by atoms with van der Waals surface area (Å²) in [4.78, 5) is 23.6. The van der Waals surface area contributed by atoms with E-state index in [2.05, 4.69) is 5.32 Å². The van der Waals surface area contributed by atoms with E-state index in [4.69, 9.17) is 16.3 Å². The Labute approximate surface area is 132 Å². The average Bonchev–Trinajstić information content (AvgIpc) is 3.07. The number of amides is 1. The molecule has 1 aromatic carbocycles. The molecule has 116 valence electrons. The summed E-state index contributed by atoms with van der Waals surface area (Å²) in [6.07, 6.45) is 3.20. The van der Waals surface area contributed by atoms with Crippen LogP contribution in [-0.4, -0.2) is 35.7 Å². The molecule has 0 radical (unpaired) electrons.